The molecule has 1 unspecified atom stereocenters. The van der Waals surface area contributed by atoms with Crippen molar-refractivity contribution in [3.05, 3.63) is 64.7 Å². The Balaban J connectivity index is 2.64. The maximum absolute atomic E-state index is 13.0. The first-order valence-electron chi connectivity index (χ1n) is 11.7. The predicted molar refractivity (Wildman–Crippen MR) is 129 cm³/mol. The molecule has 0 amide bonds. The van der Waals surface area contributed by atoms with Gasteiger partial charge in [0.05, 0.1) is 18.1 Å². The molecule has 2 aromatic rings. The monoisotopic (exact) mass is 438 g/mol. The minimum Gasteiger partial charge on any atom is -0.466 e. The average Bonchev–Trinajstić information content (AvgIpc) is 2.73. The van der Waals surface area contributed by atoms with E-state index in [-0.39, 0.29) is 17.3 Å². The standard InChI is InChI=1S/C28H38O4/c1-8-15-28(6,7)22-17-20(5)25(32-26(29)21-13-11-10-12-14-21)23(18-22)24(16-19(3)4)27(30)31-9-2/h10-14,17-19,24H,8-9,15-16H2,1-7H3. The second-order valence-corrected chi connectivity index (χ2v) is 9.54. The fourth-order valence-corrected chi connectivity index (χ4v) is 4.15. The van der Waals surface area contributed by atoms with E-state index >= 15 is 0 Å². The third-order valence-corrected chi connectivity index (χ3v) is 5.82. The van der Waals surface area contributed by atoms with E-state index in [4.69, 9.17) is 9.47 Å². The van der Waals surface area contributed by atoms with Gasteiger partial charge in [0, 0.05) is 5.56 Å². The van der Waals surface area contributed by atoms with Gasteiger partial charge in [0.25, 0.3) is 0 Å². The molecule has 0 aromatic heterocycles. The van der Waals surface area contributed by atoms with Gasteiger partial charge in [-0.05, 0) is 61.3 Å². The molecule has 4 heteroatoms. The highest BCUT2D eigenvalue weighted by molar-refractivity contribution is 5.91. The van der Waals surface area contributed by atoms with E-state index in [1.807, 2.05) is 19.9 Å². The number of esters is 2. The maximum Gasteiger partial charge on any atom is 0.343 e. The molecule has 4 nitrogen and oxygen atoms in total. The van der Waals surface area contributed by atoms with E-state index in [1.165, 1.54) is 0 Å². The van der Waals surface area contributed by atoms with Crippen molar-refractivity contribution >= 4 is 11.9 Å². The fraction of sp³-hybridized carbons (Fsp3) is 0.500. The third kappa shape index (κ3) is 6.44. The summed E-state index contributed by atoms with van der Waals surface area (Å²) in [6.07, 6.45) is 2.69. The summed E-state index contributed by atoms with van der Waals surface area (Å²) >= 11 is 0. The number of carbonyl (C=O) groups excluding carboxylic acids is 2. The molecule has 0 fully saturated rings. The second-order valence-electron chi connectivity index (χ2n) is 9.54. The van der Waals surface area contributed by atoms with Crippen LogP contribution in [0.2, 0.25) is 0 Å². The van der Waals surface area contributed by atoms with Crippen LogP contribution in [0.25, 0.3) is 0 Å². The largest absolute Gasteiger partial charge is 0.466 e. The van der Waals surface area contributed by atoms with Crippen molar-refractivity contribution in [2.24, 2.45) is 5.92 Å². The molecule has 0 saturated heterocycles. The van der Waals surface area contributed by atoms with Crippen LogP contribution in [0.5, 0.6) is 5.75 Å². The molecule has 0 heterocycles. The van der Waals surface area contributed by atoms with Gasteiger partial charge in [0.15, 0.2) is 0 Å². The molecule has 0 radical (unpaired) electrons. The van der Waals surface area contributed by atoms with Gasteiger partial charge in [-0.3, -0.25) is 4.79 Å². The highest BCUT2D eigenvalue weighted by Gasteiger charge is 2.31. The van der Waals surface area contributed by atoms with Crippen LogP contribution in [0.1, 0.15) is 93.8 Å². The van der Waals surface area contributed by atoms with Gasteiger partial charge >= 0.3 is 11.9 Å². The smallest absolute Gasteiger partial charge is 0.343 e. The molecule has 1 atom stereocenters. The summed E-state index contributed by atoms with van der Waals surface area (Å²) in [7, 11) is 0. The lowest BCUT2D eigenvalue weighted by molar-refractivity contribution is -0.145. The number of hydrogen-bond donors (Lipinski definition) is 0. The molecule has 0 aliphatic rings. The summed E-state index contributed by atoms with van der Waals surface area (Å²) in [5, 5.41) is 0. The van der Waals surface area contributed by atoms with Crippen LogP contribution in [0.4, 0.5) is 0 Å². The van der Waals surface area contributed by atoms with Gasteiger partial charge < -0.3 is 9.47 Å². The summed E-state index contributed by atoms with van der Waals surface area (Å²) in [5.41, 5.74) is 3.15. The molecule has 2 aromatic carbocycles. The van der Waals surface area contributed by atoms with Crippen LogP contribution >= 0.6 is 0 Å². The molecule has 2 rings (SSSR count). The molecule has 174 valence electrons. The lowest BCUT2D eigenvalue weighted by Crippen LogP contribution is -2.23. The zero-order chi connectivity index (χ0) is 23.9. The van der Waals surface area contributed by atoms with Gasteiger partial charge in [-0.1, -0.05) is 71.4 Å². The van der Waals surface area contributed by atoms with E-state index in [2.05, 4.69) is 46.8 Å². The van der Waals surface area contributed by atoms with Gasteiger partial charge in [-0.15, -0.1) is 0 Å². The SMILES string of the molecule is CCCC(C)(C)c1cc(C)c(OC(=O)c2ccccc2)c(C(CC(C)C)C(=O)OCC)c1. The maximum atomic E-state index is 13.0. The highest BCUT2D eigenvalue weighted by atomic mass is 16.5. The Kier molecular flexibility index (Phi) is 9.06. The molecule has 32 heavy (non-hydrogen) atoms. The lowest BCUT2D eigenvalue weighted by Gasteiger charge is -2.29. The zero-order valence-corrected chi connectivity index (χ0v) is 20.7. The van der Waals surface area contributed by atoms with Crippen molar-refractivity contribution in [3.8, 4) is 5.75 Å². The Labute approximate surface area is 193 Å². The van der Waals surface area contributed by atoms with Gasteiger partial charge in [-0.2, -0.15) is 0 Å². The Morgan fingerprint density at radius 2 is 1.69 bits per heavy atom. The van der Waals surface area contributed by atoms with E-state index in [9.17, 15) is 9.59 Å². The number of ether oxygens (including phenoxy) is 2. The Morgan fingerprint density at radius 3 is 2.25 bits per heavy atom. The minimum absolute atomic E-state index is 0.0622. The van der Waals surface area contributed by atoms with Crippen molar-refractivity contribution in [1.29, 1.82) is 0 Å². The number of benzene rings is 2. The summed E-state index contributed by atoms with van der Waals surface area (Å²) in [6, 6.07) is 13.1. The van der Waals surface area contributed by atoms with Crippen LogP contribution < -0.4 is 4.74 Å². The number of carbonyl (C=O) groups is 2. The first-order chi connectivity index (χ1) is 15.1. The van der Waals surface area contributed by atoms with Crippen LogP contribution in [0.3, 0.4) is 0 Å². The Bertz CT molecular complexity index is 913. The van der Waals surface area contributed by atoms with E-state index in [0.29, 0.717) is 24.3 Å². The Morgan fingerprint density at radius 1 is 1.03 bits per heavy atom. The van der Waals surface area contributed by atoms with Crippen LogP contribution in [-0.4, -0.2) is 18.5 Å². The van der Waals surface area contributed by atoms with Gasteiger partial charge in [0.2, 0.25) is 0 Å². The third-order valence-electron chi connectivity index (χ3n) is 5.82. The molecule has 0 aliphatic carbocycles. The summed E-state index contributed by atoms with van der Waals surface area (Å²) in [5.74, 6) is -0.460. The van der Waals surface area contributed by atoms with Gasteiger partial charge in [-0.25, -0.2) is 4.79 Å². The summed E-state index contributed by atoms with van der Waals surface area (Å²) in [4.78, 5) is 25.9. The van der Waals surface area contributed by atoms with Crippen molar-refractivity contribution < 1.29 is 19.1 Å². The highest BCUT2D eigenvalue weighted by Crippen LogP contribution is 2.40. The van der Waals surface area contributed by atoms with Crippen LogP contribution in [0, 0.1) is 12.8 Å². The zero-order valence-electron chi connectivity index (χ0n) is 20.7. The quantitative estimate of drug-likeness (QED) is 0.296. The number of hydrogen-bond acceptors (Lipinski definition) is 4. The van der Waals surface area contributed by atoms with E-state index in [0.717, 1.165) is 29.5 Å². The summed E-state index contributed by atoms with van der Waals surface area (Å²) < 4.78 is 11.4. The van der Waals surface area contributed by atoms with Crippen LogP contribution in [0.15, 0.2) is 42.5 Å². The Hall–Kier alpha value is -2.62. The molecule has 0 N–H and O–H groups in total. The fourth-order valence-electron chi connectivity index (χ4n) is 4.15. The first kappa shape index (κ1) is 25.6. The van der Waals surface area contributed by atoms with Gasteiger partial charge in [0.1, 0.15) is 5.75 Å². The normalized spacial score (nSPS) is 12.5. The number of rotatable bonds is 10. The number of aryl methyl sites for hydroxylation is 1. The lowest BCUT2D eigenvalue weighted by atomic mass is 9.77. The van der Waals surface area contributed by atoms with Crippen LogP contribution in [-0.2, 0) is 14.9 Å². The summed E-state index contributed by atoms with van der Waals surface area (Å²) in [6.45, 7) is 14.8. The molecule has 0 bridgehead atoms. The van der Waals surface area contributed by atoms with E-state index < -0.39 is 11.9 Å². The topological polar surface area (TPSA) is 52.6 Å². The second kappa shape index (κ2) is 11.3. The molecule has 0 saturated carbocycles. The van der Waals surface area contributed by atoms with Crippen molar-refractivity contribution in [3.63, 3.8) is 0 Å². The van der Waals surface area contributed by atoms with Crippen molar-refractivity contribution in [1.82, 2.24) is 0 Å². The first-order valence-corrected chi connectivity index (χ1v) is 11.7. The van der Waals surface area contributed by atoms with E-state index in [1.54, 1.807) is 24.3 Å². The molecule has 0 aliphatic heterocycles. The molecular weight excluding hydrogens is 400 g/mol. The van der Waals surface area contributed by atoms with Crippen molar-refractivity contribution in [2.45, 2.75) is 79.1 Å². The molecular formula is C28H38O4. The average molecular weight is 439 g/mol. The molecule has 0 spiro atoms. The minimum atomic E-state index is -0.496. The predicted octanol–water partition coefficient (Wildman–Crippen LogP) is 6.98. The van der Waals surface area contributed by atoms with Crippen molar-refractivity contribution in [2.75, 3.05) is 6.61 Å².